The minimum absolute atomic E-state index is 0.168. The highest BCUT2D eigenvalue weighted by atomic mass is 35.5. The molecule has 0 amide bonds. The van der Waals surface area contributed by atoms with Gasteiger partial charge >= 0.3 is 0 Å². The number of halogens is 2. The molecule has 0 aromatic heterocycles. The molecular weight excluding hydrogens is 319 g/mol. The Hall–Kier alpha value is -1.71. The third kappa shape index (κ3) is 4.93. The van der Waals surface area contributed by atoms with Crippen LogP contribution in [0.1, 0.15) is 25.0 Å². The summed E-state index contributed by atoms with van der Waals surface area (Å²) in [5.41, 5.74) is 4.77. The van der Waals surface area contributed by atoms with E-state index in [1.54, 1.807) is 6.21 Å². The highest BCUT2D eigenvalue weighted by molar-refractivity contribution is 6.35. The van der Waals surface area contributed by atoms with Gasteiger partial charge in [0.2, 0.25) is 0 Å². The highest BCUT2D eigenvalue weighted by Crippen LogP contribution is 2.23. The molecule has 0 bridgehead atoms. The minimum atomic E-state index is 0.168. The average Bonchev–Trinajstić information content (AvgIpc) is 2.47. The summed E-state index contributed by atoms with van der Waals surface area (Å²) in [7, 11) is 0. The first-order valence-electron chi connectivity index (χ1n) is 7.02. The molecule has 0 aliphatic carbocycles. The van der Waals surface area contributed by atoms with Crippen LogP contribution < -0.4 is 10.2 Å². The number of hydrogen-bond acceptors (Lipinski definition) is 3. The Balaban J connectivity index is 1.90. The number of hydrazone groups is 1. The number of ether oxygens (including phenoxy) is 1. The summed E-state index contributed by atoms with van der Waals surface area (Å²) in [6.07, 6.45) is 1.91. The topological polar surface area (TPSA) is 33.6 Å². The first kappa shape index (κ1) is 16.7. The Kier molecular flexibility index (Phi) is 6.10. The zero-order valence-corrected chi connectivity index (χ0v) is 14.0. The molecule has 0 spiro atoms. The molecule has 5 heteroatoms. The van der Waals surface area contributed by atoms with Crippen molar-refractivity contribution in [3.8, 4) is 5.75 Å². The lowest BCUT2D eigenvalue weighted by Crippen LogP contribution is -2.07. The lowest BCUT2D eigenvalue weighted by atomic mass is 10.2. The van der Waals surface area contributed by atoms with Crippen LogP contribution in [0, 0.1) is 0 Å². The molecule has 1 N–H and O–H groups in total. The van der Waals surface area contributed by atoms with Crippen LogP contribution in [0.25, 0.3) is 0 Å². The number of rotatable bonds is 6. The van der Waals surface area contributed by atoms with Gasteiger partial charge in [-0.1, -0.05) is 29.3 Å². The molecule has 22 heavy (non-hydrogen) atoms. The van der Waals surface area contributed by atoms with E-state index in [1.807, 2.05) is 56.3 Å². The van der Waals surface area contributed by atoms with Crippen molar-refractivity contribution < 1.29 is 4.74 Å². The second-order valence-electron chi connectivity index (χ2n) is 5.03. The van der Waals surface area contributed by atoms with E-state index >= 15 is 0 Å². The Bertz CT molecular complexity index is 619. The molecule has 3 nitrogen and oxygen atoms in total. The summed E-state index contributed by atoms with van der Waals surface area (Å²) < 4.78 is 5.59. The van der Waals surface area contributed by atoms with Crippen molar-refractivity contribution >= 4 is 29.4 Å². The lowest BCUT2D eigenvalue weighted by molar-refractivity contribution is 0.242. The van der Waals surface area contributed by atoms with Crippen LogP contribution in [-0.4, -0.2) is 12.3 Å². The summed E-state index contributed by atoms with van der Waals surface area (Å²) in [6, 6.07) is 13.2. The number of hydrogen-bond donors (Lipinski definition) is 1. The van der Waals surface area contributed by atoms with Gasteiger partial charge in [0, 0.05) is 15.6 Å². The fourth-order valence-electron chi connectivity index (χ4n) is 1.85. The second-order valence-corrected chi connectivity index (χ2v) is 5.84. The third-order valence-electron chi connectivity index (χ3n) is 2.87. The maximum Gasteiger partial charge on any atom is 0.119 e. The van der Waals surface area contributed by atoms with Crippen LogP contribution in [0.15, 0.2) is 47.6 Å². The van der Waals surface area contributed by atoms with Gasteiger partial charge in [-0.15, -0.1) is 0 Å². The molecule has 0 saturated carbocycles. The maximum absolute atomic E-state index is 6.09. The first-order chi connectivity index (χ1) is 10.6. The average molecular weight is 337 g/mol. The summed E-state index contributed by atoms with van der Waals surface area (Å²) in [5.74, 6) is 0.850. The molecule has 2 rings (SSSR count). The van der Waals surface area contributed by atoms with E-state index in [2.05, 4.69) is 10.5 Å². The SMILES string of the molecule is CC(C)Oc1ccc(/C=N/NCc2c(Cl)cccc2Cl)cc1. The fraction of sp³-hybridized carbons (Fsp3) is 0.235. The summed E-state index contributed by atoms with van der Waals surface area (Å²) >= 11 is 12.2. The first-order valence-corrected chi connectivity index (χ1v) is 7.77. The Morgan fingerprint density at radius 3 is 2.32 bits per heavy atom. The predicted molar refractivity (Wildman–Crippen MR) is 93.1 cm³/mol. The van der Waals surface area contributed by atoms with E-state index in [9.17, 15) is 0 Å². The monoisotopic (exact) mass is 336 g/mol. The van der Waals surface area contributed by atoms with E-state index in [0.29, 0.717) is 16.6 Å². The summed E-state index contributed by atoms with van der Waals surface area (Å²) in [5, 5.41) is 5.44. The van der Waals surface area contributed by atoms with E-state index in [4.69, 9.17) is 27.9 Å². The van der Waals surface area contributed by atoms with Gasteiger partial charge in [0.05, 0.1) is 18.9 Å². The lowest BCUT2D eigenvalue weighted by Gasteiger charge is -2.09. The molecule has 116 valence electrons. The maximum atomic E-state index is 6.09. The quantitative estimate of drug-likeness (QED) is 0.601. The van der Waals surface area contributed by atoms with Gasteiger partial charge in [0.1, 0.15) is 5.75 Å². The number of benzene rings is 2. The molecular formula is C17H18Cl2N2O. The highest BCUT2D eigenvalue weighted by Gasteiger charge is 2.03. The van der Waals surface area contributed by atoms with Gasteiger partial charge in [-0.3, -0.25) is 0 Å². The minimum Gasteiger partial charge on any atom is -0.491 e. The summed E-state index contributed by atoms with van der Waals surface area (Å²) in [4.78, 5) is 0. The number of nitrogens with one attached hydrogen (secondary N) is 1. The molecule has 0 aliphatic rings. The van der Waals surface area contributed by atoms with Crippen molar-refractivity contribution in [2.45, 2.75) is 26.5 Å². The Morgan fingerprint density at radius 2 is 1.73 bits per heavy atom. The standard InChI is InChI=1S/C17H18Cl2N2O/c1-12(2)22-14-8-6-13(7-9-14)10-20-21-11-15-16(18)4-3-5-17(15)19/h3-10,12,21H,11H2,1-2H3/b20-10+. The van der Waals surface area contributed by atoms with E-state index < -0.39 is 0 Å². The Labute approximate surface area is 140 Å². The van der Waals surface area contributed by atoms with Gasteiger partial charge in [-0.05, 0) is 55.8 Å². The fourth-order valence-corrected chi connectivity index (χ4v) is 2.38. The van der Waals surface area contributed by atoms with E-state index in [0.717, 1.165) is 16.9 Å². The Morgan fingerprint density at radius 1 is 1.09 bits per heavy atom. The van der Waals surface area contributed by atoms with Crippen molar-refractivity contribution in [3.63, 3.8) is 0 Å². The summed E-state index contributed by atoms with van der Waals surface area (Å²) in [6.45, 7) is 4.47. The molecule has 0 saturated heterocycles. The molecule has 0 aliphatic heterocycles. The van der Waals surface area contributed by atoms with Gasteiger partial charge < -0.3 is 10.2 Å². The van der Waals surface area contributed by atoms with Gasteiger partial charge in [-0.2, -0.15) is 5.10 Å². The predicted octanol–water partition coefficient (Wildman–Crippen LogP) is 4.90. The zero-order chi connectivity index (χ0) is 15.9. The molecule has 2 aromatic carbocycles. The van der Waals surface area contributed by atoms with Crippen molar-refractivity contribution in [1.29, 1.82) is 0 Å². The van der Waals surface area contributed by atoms with E-state index in [-0.39, 0.29) is 6.10 Å². The smallest absolute Gasteiger partial charge is 0.119 e. The van der Waals surface area contributed by atoms with Crippen molar-refractivity contribution in [2.75, 3.05) is 0 Å². The molecule has 2 aromatic rings. The van der Waals surface area contributed by atoms with Crippen molar-refractivity contribution in [2.24, 2.45) is 5.10 Å². The van der Waals surface area contributed by atoms with Crippen LogP contribution in [-0.2, 0) is 6.54 Å². The molecule has 0 heterocycles. The van der Waals surface area contributed by atoms with Crippen LogP contribution in [0.2, 0.25) is 10.0 Å². The van der Waals surface area contributed by atoms with Gasteiger partial charge in [-0.25, -0.2) is 0 Å². The van der Waals surface area contributed by atoms with Crippen LogP contribution in [0.5, 0.6) is 5.75 Å². The third-order valence-corrected chi connectivity index (χ3v) is 3.58. The van der Waals surface area contributed by atoms with Crippen LogP contribution >= 0.6 is 23.2 Å². The van der Waals surface area contributed by atoms with Gasteiger partial charge in [0.25, 0.3) is 0 Å². The molecule has 0 atom stereocenters. The van der Waals surface area contributed by atoms with Crippen LogP contribution in [0.3, 0.4) is 0 Å². The van der Waals surface area contributed by atoms with E-state index in [1.165, 1.54) is 0 Å². The van der Waals surface area contributed by atoms with Gasteiger partial charge in [0.15, 0.2) is 0 Å². The molecule has 0 fully saturated rings. The molecule has 0 radical (unpaired) electrons. The molecule has 0 unspecified atom stereocenters. The largest absolute Gasteiger partial charge is 0.491 e. The number of nitrogens with zero attached hydrogens (tertiary/aromatic N) is 1. The zero-order valence-electron chi connectivity index (χ0n) is 12.5. The van der Waals surface area contributed by atoms with Crippen molar-refractivity contribution in [3.05, 3.63) is 63.6 Å². The van der Waals surface area contributed by atoms with Crippen LogP contribution in [0.4, 0.5) is 0 Å². The second kappa shape index (κ2) is 8.06. The normalized spacial score (nSPS) is 11.1. The van der Waals surface area contributed by atoms with Crippen molar-refractivity contribution in [1.82, 2.24) is 5.43 Å².